The largest absolute Gasteiger partial charge is 0.513 e. The monoisotopic (exact) mass is 492 g/mol. The Morgan fingerprint density at radius 3 is 2.19 bits per heavy atom. The summed E-state index contributed by atoms with van der Waals surface area (Å²) < 4.78 is 23.9. The lowest BCUT2D eigenvalue weighted by atomic mass is 9.76. The summed E-state index contributed by atoms with van der Waals surface area (Å²) in [5, 5.41) is 10.5. The molecule has 0 atom stereocenters. The Kier molecular flexibility index (Phi) is 8.69. The van der Waals surface area contributed by atoms with E-state index in [9.17, 15) is 9.90 Å². The van der Waals surface area contributed by atoms with E-state index in [-0.39, 0.29) is 18.1 Å². The molecule has 2 aromatic rings. The topological polar surface area (TPSA) is 74.2 Å². The summed E-state index contributed by atoms with van der Waals surface area (Å²) in [4.78, 5) is 12.3. The number of carbonyl (C=O) groups excluding carboxylic acids is 1. The Balaban J connectivity index is 1.98. The number of ether oxygens (including phenoxy) is 2. The Labute approximate surface area is 215 Å². The van der Waals surface area contributed by atoms with E-state index in [0.29, 0.717) is 30.0 Å². The first-order valence-electron chi connectivity index (χ1n) is 12.4. The molecule has 1 fully saturated rings. The zero-order valence-electron chi connectivity index (χ0n) is 22.4. The van der Waals surface area contributed by atoms with E-state index in [4.69, 9.17) is 18.8 Å². The van der Waals surface area contributed by atoms with Gasteiger partial charge in [-0.05, 0) is 64.8 Å². The molecule has 0 unspecified atom stereocenters. The number of aliphatic hydroxyl groups is 1. The molecule has 1 saturated heterocycles. The number of benzene rings is 2. The maximum Gasteiger partial charge on any atom is 0.498 e. The van der Waals surface area contributed by atoms with Crippen LogP contribution in [0.2, 0.25) is 0 Å². The minimum absolute atomic E-state index is 0.0906. The highest BCUT2D eigenvalue weighted by molar-refractivity contribution is 6.55. The van der Waals surface area contributed by atoms with Crippen LogP contribution in [0.25, 0.3) is 11.1 Å². The molecule has 0 spiro atoms. The van der Waals surface area contributed by atoms with E-state index < -0.39 is 18.3 Å². The quantitative estimate of drug-likeness (QED) is 0.184. The zero-order valence-corrected chi connectivity index (χ0v) is 22.4. The molecule has 1 aliphatic rings. The molecular formula is C29H37BO6. The van der Waals surface area contributed by atoms with Gasteiger partial charge in [0.25, 0.3) is 0 Å². The van der Waals surface area contributed by atoms with Gasteiger partial charge in [0.2, 0.25) is 0 Å². The van der Waals surface area contributed by atoms with Crippen LogP contribution in [0.4, 0.5) is 0 Å². The summed E-state index contributed by atoms with van der Waals surface area (Å²) in [6.45, 7) is 13.5. The van der Waals surface area contributed by atoms with E-state index in [1.54, 1.807) is 19.9 Å². The van der Waals surface area contributed by atoms with Crippen LogP contribution < -0.4 is 4.74 Å². The second kappa shape index (κ2) is 11.4. The van der Waals surface area contributed by atoms with Crippen LogP contribution in [-0.4, -0.2) is 36.0 Å². The standard InChI is InChI=1S/C29H37BO6/c1-8-24(19-25(20(3)31)30-35-28(4,5)29(6,7)36-30)34-26-17-22(21-13-11-10-12-14-21)15-16-23(26)18-27(32)33-9-2/h10-17,19,31H,8-9,18H2,1-7H3/b24-19+,25-20-. The molecule has 1 N–H and O–H groups in total. The normalized spacial score (nSPS) is 17.5. The molecule has 0 radical (unpaired) electrons. The first kappa shape index (κ1) is 27.6. The van der Waals surface area contributed by atoms with Gasteiger partial charge in [-0.3, -0.25) is 4.79 Å². The molecule has 1 aliphatic heterocycles. The van der Waals surface area contributed by atoms with Crippen molar-refractivity contribution in [2.75, 3.05) is 6.61 Å². The van der Waals surface area contributed by atoms with Gasteiger partial charge in [-0.15, -0.1) is 0 Å². The van der Waals surface area contributed by atoms with Gasteiger partial charge in [-0.25, -0.2) is 0 Å². The van der Waals surface area contributed by atoms with Gasteiger partial charge >= 0.3 is 13.1 Å². The van der Waals surface area contributed by atoms with Gasteiger partial charge in [-0.2, -0.15) is 0 Å². The summed E-state index contributed by atoms with van der Waals surface area (Å²) in [5.41, 5.74) is 2.13. The molecule has 36 heavy (non-hydrogen) atoms. The number of hydrogen-bond donors (Lipinski definition) is 1. The van der Waals surface area contributed by atoms with Crippen LogP contribution in [0.1, 0.15) is 60.5 Å². The molecule has 2 aromatic carbocycles. The third kappa shape index (κ3) is 6.39. The molecule has 0 saturated carbocycles. The first-order valence-corrected chi connectivity index (χ1v) is 12.4. The summed E-state index contributed by atoms with van der Waals surface area (Å²) in [5.74, 6) is 0.929. The van der Waals surface area contributed by atoms with E-state index in [0.717, 1.165) is 16.7 Å². The Hall–Kier alpha value is -3.03. The molecule has 0 aromatic heterocycles. The molecule has 192 valence electrons. The van der Waals surface area contributed by atoms with Crippen molar-refractivity contribution in [3.8, 4) is 16.9 Å². The Bertz CT molecular complexity index is 1110. The van der Waals surface area contributed by atoms with Crippen LogP contribution in [0, 0.1) is 0 Å². The Morgan fingerprint density at radius 2 is 1.64 bits per heavy atom. The number of allylic oxidation sites excluding steroid dienone is 4. The Morgan fingerprint density at radius 1 is 1.00 bits per heavy atom. The molecule has 3 rings (SSSR count). The van der Waals surface area contributed by atoms with Crippen molar-refractivity contribution < 1.29 is 28.7 Å². The predicted molar refractivity (Wildman–Crippen MR) is 143 cm³/mol. The van der Waals surface area contributed by atoms with Crippen molar-refractivity contribution in [2.45, 2.75) is 72.5 Å². The van der Waals surface area contributed by atoms with E-state index >= 15 is 0 Å². The SMILES string of the molecule is CCOC(=O)Cc1ccc(-c2ccccc2)cc1O/C(=C/C(B1OC(C)(C)C(C)(C)O1)=C(\C)O)CC. The molecule has 0 aliphatic carbocycles. The lowest BCUT2D eigenvalue weighted by molar-refractivity contribution is -0.142. The van der Waals surface area contributed by atoms with Gasteiger partial charge in [0.1, 0.15) is 11.5 Å². The van der Waals surface area contributed by atoms with Crippen molar-refractivity contribution >= 4 is 13.1 Å². The van der Waals surface area contributed by atoms with Gasteiger partial charge in [0.05, 0.1) is 30.0 Å². The van der Waals surface area contributed by atoms with Gasteiger partial charge in [0, 0.05) is 17.5 Å². The van der Waals surface area contributed by atoms with E-state index in [1.807, 2.05) is 83.1 Å². The minimum Gasteiger partial charge on any atom is -0.513 e. The summed E-state index contributed by atoms with van der Waals surface area (Å²) in [6, 6.07) is 15.8. The smallest absolute Gasteiger partial charge is 0.498 e. The summed E-state index contributed by atoms with van der Waals surface area (Å²) in [6.07, 6.45) is 2.40. The number of aliphatic hydroxyl groups excluding tert-OH is 1. The van der Waals surface area contributed by atoms with Crippen molar-refractivity contribution in [1.82, 2.24) is 0 Å². The van der Waals surface area contributed by atoms with Crippen LogP contribution in [0.15, 0.2) is 71.6 Å². The first-order chi connectivity index (χ1) is 17.0. The molecule has 7 heteroatoms. The minimum atomic E-state index is -0.736. The van der Waals surface area contributed by atoms with E-state index in [2.05, 4.69) is 0 Å². The molecule has 6 nitrogen and oxygen atoms in total. The van der Waals surface area contributed by atoms with Gasteiger partial charge in [-0.1, -0.05) is 49.4 Å². The average Bonchev–Trinajstić information content (AvgIpc) is 3.04. The number of esters is 1. The summed E-state index contributed by atoms with van der Waals surface area (Å²) in [7, 11) is -0.736. The lowest BCUT2D eigenvalue weighted by Crippen LogP contribution is -2.41. The summed E-state index contributed by atoms with van der Waals surface area (Å²) >= 11 is 0. The highest BCUT2D eigenvalue weighted by Gasteiger charge is 2.52. The number of carbonyl (C=O) groups is 1. The zero-order chi connectivity index (χ0) is 26.5. The van der Waals surface area contributed by atoms with Crippen LogP contribution >= 0.6 is 0 Å². The number of hydrogen-bond acceptors (Lipinski definition) is 6. The second-order valence-electron chi connectivity index (χ2n) is 9.87. The van der Waals surface area contributed by atoms with Gasteiger partial charge < -0.3 is 23.9 Å². The highest BCUT2D eigenvalue weighted by Crippen LogP contribution is 2.39. The van der Waals surface area contributed by atoms with Crippen molar-refractivity contribution in [2.24, 2.45) is 0 Å². The van der Waals surface area contributed by atoms with Crippen molar-refractivity contribution in [1.29, 1.82) is 0 Å². The van der Waals surface area contributed by atoms with Crippen LogP contribution in [0.5, 0.6) is 5.75 Å². The maximum atomic E-state index is 12.3. The van der Waals surface area contributed by atoms with Crippen LogP contribution in [-0.2, 0) is 25.3 Å². The van der Waals surface area contributed by atoms with Crippen molar-refractivity contribution in [3.63, 3.8) is 0 Å². The van der Waals surface area contributed by atoms with E-state index in [1.165, 1.54) is 0 Å². The number of rotatable bonds is 9. The van der Waals surface area contributed by atoms with Gasteiger partial charge in [0.15, 0.2) is 0 Å². The lowest BCUT2D eigenvalue weighted by Gasteiger charge is -2.32. The molecule has 0 amide bonds. The third-order valence-corrected chi connectivity index (χ3v) is 6.65. The fraction of sp³-hybridized carbons (Fsp3) is 0.414. The highest BCUT2D eigenvalue weighted by atomic mass is 16.7. The molecule has 1 heterocycles. The maximum absolute atomic E-state index is 12.3. The predicted octanol–water partition coefficient (Wildman–Crippen LogP) is 6.60. The van der Waals surface area contributed by atoms with Crippen LogP contribution in [0.3, 0.4) is 0 Å². The third-order valence-electron chi connectivity index (χ3n) is 6.65. The molecular weight excluding hydrogens is 455 g/mol. The molecule has 0 bridgehead atoms. The fourth-order valence-electron chi connectivity index (χ4n) is 3.80. The average molecular weight is 492 g/mol. The fourth-order valence-corrected chi connectivity index (χ4v) is 3.80. The second-order valence-corrected chi connectivity index (χ2v) is 9.87. The van der Waals surface area contributed by atoms with Crippen molar-refractivity contribution in [3.05, 3.63) is 77.2 Å².